The van der Waals surface area contributed by atoms with Crippen LogP contribution in [0.15, 0.2) is 48.5 Å². The van der Waals surface area contributed by atoms with Crippen LogP contribution < -0.4 is 9.47 Å². The lowest BCUT2D eigenvalue weighted by atomic mass is 10.1. The fraction of sp³-hybridized carbons (Fsp3) is 0.235. The lowest BCUT2D eigenvalue weighted by Gasteiger charge is -2.10. The van der Waals surface area contributed by atoms with E-state index in [-0.39, 0.29) is 0 Å². The topological polar surface area (TPSA) is 44.8 Å². The van der Waals surface area contributed by atoms with Gasteiger partial charge in [0.05, 0.1) is 20.8 Å². The molecule has 0 atom stereocenters. The molecular formula is C17H18O4. The average molecular weight is 286 g/mol. The molecule has 0 aliphatic carbocycles. The van der Waals surface area contributed by atoms with Gasteiger partial charge in [-0.25, -0.2) is 4.79 Å². The molecule has 0 heterocycles. The minimum Gasteiger partial charge on any atom is -0.496 e. The first kappa shape index (κ1) is 14.9. The molecule has 0 fully saturated rings. The van der Waals surface area contributed by atoms with Gasteiger partial charge < -0.3 is 14.2 Å². The molecule has 0 radical (unpaired) electrons. The first-order valence-electron chi connectivity index (χ1n) is 6.67. The SMILES string of the molecule is COC(=O)c1ccc(OCCc2ccccc2)cc1OC. The van der Waals surface area contributed by atoms with Gasteiger partial charge in [0.25, 0.3) is 0 Å². The van der Waals surface area contributed by atoms with Crippen molar-refractivity contribution >= 4 is 5.97 Å². The van der Waals surface area contributed by atoms with Crippen molar-refractivity contribution in [1.29, 1.82) is 0 Å². The summed E-state index contributed by atoms with van der Waals surface area (Å²) in [6.45, 7) is 0.560. The van der Waals surface area contributed by atoms with Crippen molar-refractivity contribution in [2.24, 2.45) is 0 Å². The van der Waals surface area contributed by atoms with E-state index in [4.69, 9.17) is 14.2 Å². The summed E-state index contributed by atoms with van der Waals surface area (Å²) in [4.78, 5) is 11.6. The van der Waals surface area contributed by atoms with Crippen LogP contribution >= 0.6 is 0 Å². The second-order valence-corrected chi connectivity index (χ2v) is 4.44. The number of benzene rings is 2. The van der Waals surface area contributed by atoms with E-state index in [9.17, 15) is 4.79 Å². The van der Waals surface area contributed by atoms with Crippen molar-refractivity contribution in [3.63, 3.8) is 0 Å². The molecule has 4 nitrogen and oxygen atoms in total. The first-order chi connectivity index (χ1) is 10.2. The maximum Gasteiger partial charge on any atom is 0.341 e. The fourth-order valence-electron chi connectivity index (χ4n) is 1.97. The smallest absolute Gasteiger partial charge is 0.341 e. The largest absolute Gasteiger partial charge is 0.496 e. The molecule has 4 heteroatoms. The van der Waals surface area contributed by atoms with Crippen LogP contribution in [0.3, 0.4) is 0 Å². The molecule has 0 saturated heterocycles. The molecule has 0 aromatic heterocycles. The normalized spacial score (nSPS) is 10.0. The third-order valence-corrected chi connectivity index (χ3v) is 3.08. The van der Waals surface area contributed by atoms with Gasteiger partial charge >= 0.3 is 5.97 Å². The minimum absolute atomic E-state index is 0.385. The maximum atomic E-state index is 11.6. The summed E-state index contributed by atoms with van der Waals surface area (Å²) in [5.41, 5.74) is 1.60. The van der Waals surface area contributed by atoms with Gasteiger partial charge in [0.1, 0.15) is 17.1 Å². The Bertz CT molecular complexity index is 593. The van der Waals surface area contributed by atoms with Crippen molar-refractivity contribution < 1.29 is 19.0 Å². The van der Waals surface area contributed by atoms with E-state index in [1.807, 2.05) is 18.2 Å². The Kier molecular flexibility index (Phi) is 5.21. The van der Waals surface area contributed by atoms with E-state index in [1.165, 1.54) is 19.8 Å². The monoisotopic (exact) mass is 286 g/mol. The standard InChI is InChI=1S/C17H18O4/c1-19-16-12-14(8-9-15(16)17(18)20-2)21-11-10-13-6-4-3-5-7-13/h3-9,12H,10-11H2,1-2H3. The lowest BCUT2D eigenvalue weighted by Crippen LogP contribution is -2.05. The highest BCUT2D eigenvalue weighted by Gasteiger charge is 2.13. The Balaban J connectivity index is 1.99. The number of esters is 1. The van der Waals surface area contributed by atoms with Crippen molar-refractivity contribution in [2.45, 2.75) is 6.42 Å². The van der Waals surface area contributed by atoms with E-state index in [2.05, 4.69) is 12.1 Å². The highest BCUT2D eigenvalue weighted by atomic mass is 16.5. The quantitative estimate of drug-likeness (QED) is 0.765. The number of carbonyl (C=O) groups excluding carboxylic acids is 1. The Morgan fingerprint density at radius 3 is 2.48 bits per heavy atom. The van der Waals surface area contributed by atoms with Gasteiger partial charge in [0, 0.05) is 12.5 Å². The molecule has 2 aromatic rings. The Morgan fingerprint density at radius 2 is 1.81 bits per heavy atom. The van der Waals surface area contributed by atoms with Crippen LogP contribution in [0.25, 0.3) is 0 Å². The first-order valence-corrected chi connectivity index (χ1v) is 6.67. The molecule has 0 aliphatic heterocycles. The van der Waals surface area contributed by atoms with E-state index >= 15 is 0 Å². The van der Waals surface area contributed by atoms with E-state index in [1.54, 1.807) is 18.2 Å². The number of hydrogen-bond acceptors (Lipinski definition) is 4. The predicted octanol–water partition coefficient (Wildman–Crippen LogP) is 3.10. The molecule has 2 aromatic carbocycles. The lowest BCUT2D eigenvalue weighted by molar-refractivity contribution is 0.0597. The van der Waals surface area contributed by atoms with Crippen molar-refractivity contribution in [1.82, 2.24) is 0 Å². The van der Waals surface area contributed by atoms with Gasteiger partial charge in [-0.2, -0.15) is 0 Å². The van der Waals surface area contributed by atoms with Crippen molar-refractivity contribution in [3.8, 4) is 11.5 Å². The molecule has 0 bridgehead atoms. The minimum atomic E-state index is -0.428. The zero-order chi connectivity index (χ0) is 15.1. The van der Waals surface area contributed by atoms with Crippen LogP contribution in [0, 0.1) is 0 Å². The summed E-state index contributed by atoms with van der Waals surface area (Å²) in [5.74, 6) is 0.678. The number of methoxy groups -OCH3 is 2. The highest BCUT2D eigenvalue weighted by Crippen LogP contribution is 2.25. The molecule has 110 valence electrons. The second kappa shape index (κ2) is 7.33. The van der Waals surface area contributed by atoms with Crippen LogP contribution in [0.2, 0.25) is 0 Å². The van der Waals surface area contributed by atoms with E-state index in [0.29, 0.717) is 23.7 Å². The molecule has 0 amide bonds. The number of ether oxygens (including phenoxy) is 3. The number of carbonyl (C=O) groups is 1. The summed E-state index contributed by atoms with van der Waals surface area (Å²) >= 11 is 0. The van der Waals surface area contributed by atoms with E-state index in [0.717, 1.165) is 6.42 Å². The van der Waals surface area contributed by atoms with Gasteiger partial charge in [-0.1, -0.05) is 30.3 Å². The second-order valence-electron chi connectivity index (χ2n) is 4.44. The van der Waals surface area contributed by atoms with Crippen LogP contribution in [-0.4, -0.2) is 26.8 Å². The Hall–Kier alpha value is -2.49. The maximum absolute atomic E-state index is 11.6. The predicted molar refractivity (Wildman–Crippen MR) is 80.0 cm³/mol. The molecule has 0 spiro atoms. The Labute approximate surface area is 124 Å². The van der Waals surface area contributed by atoms with Crippen molar-refractivity contribution in [3.05, 3.63) is 59.7 Å². The zero-order valence-electron chi connectivity index (χ0n) is 12.2. The molecule has 21 heavy (non-hydrogen) atoms. The summed E-state index contributed by atoms with van der Waals surface area (Å²) in [5, 5.41) is 0. The molecule has 2 rings (SSSR count). The summed E-state index contributed by atoms with van der Waals surface area (Å²) in [6.07, 6.45) is 0.821. The molecule has 0 saturated carbocycles. The Morgan fingerprint density at radius 1 is 1.05 bits per heavy atom. The average Bonchev–Trinajstić information content (AvgIpc) is 2.55. The van der Waals surface area contributed by atoms with Crippen LogP contribution in [0.5, 0.6) is 11.5 Å². The van der Waals surface area contributed by atoms with Crippen molar-refractivity contribution in [2.75, 3.05) is 20.8 Å². The third kappa shape index (κ3) is 3.99. The highest BCUT2D eigenvalue weighted by molar-refractivity contribution is 5.92. The summed E-state index contributed by atoms with van der Waals surface area (Å²) in [7, 11) is 2.85. The van der Waals surface area contributed by atoms with Crippen LogP contribution in [-0.2, 0) is 11.2 Å². The molecule has 0 unspecified atom stereocenters. The van der Waals surface area contributed by atoms with Crippen LogP contribution in [0.1, 0.15) is 15.9 Å². The van der Waals surface area contributed by atoms with E-state index < -0.39 is 5.97 Å². The molecular weight excluding hydrogens is 268 g/mol. The van der Waals surface area contributed by atoms with Gasteiger partial charge in [-0.15, -0.1) is 0 Å². The van der Waals surface area contributed by atoms with Crippen LogP contribution in [0.4, 0.5) is 0 Å². The molecule has 0 N–H and O–H groups in total. The third-order valence-electron chi connectivity index (χ3n) is 3.08. The van der Waals surface area contributed by atoms with Gasteiger partial charge in [0.2, 0.25) is 0 Å². The number of rotatable bonds is 6. The molecule has 0 aliphatic rings. The summed E-state index contributed by atoms with van der Waals surface area (Å²) in [6, 6.07) is 15.2. The number of hydrogen-bond donors (Lipinski definition) is 0. The summed E-state index contributed by atoms with van der Waals surface area (Å²) < 4.78 is 15.6. The van der Waals surface area contributed by atoms with Gasteiger partial charge in [-0.3, -0.25) is 0 Å². The fourth-order valence-corrected chi connectivity index (χ4v) is 1.97. The van der Waals surface area contributed by atoms with Gasteiger partial charge in [-0.05, 0) is 17.7 Å². The van der Waals surface area contributed by atoms with Gasteiger partial charge in [0.15, 0.2) is 0 Å². The zero-order valence-corrected chi connectivity index (χ0v) is 12.2.